The first kappa shape index (κ1) is 23.9. The van der Waals surface area contributed by atoms with E-state index in [1.165, 1.54) is 10.4 Å². The van der Waals surface area contributed by atoms with Crippen LogP contribution in [-0.4, -0.2) is 36.9 Å². The molecule has 8 nitrogen and oxygen atoms in total. The predicted octanol–water partition coefficient (Wildman–Crippen LogP) is 4.57. The molecule has 0 saturated heterocycles. The van der Waals surface area contributed by atoms with Gasteiger partial charge in [0.1, 0.15) is 11.6 Å². The molecule has 1 atom stereocenters. The summed E-state index contributed by atoms with van der Waals surface area (Å²) >= 11 is 0. The Balaban J connectivity index is 1.42. The first-order chi connectivity index (χ1) is 16.3. The summed E-state index contributed by atoms with van der Waals surface area (Å²) in [6, 6.07) is 6.48. The number of nitrogens with one attached hydrogen (secondary N) is 1. The second-order valence-electron chi connectivity index (χ2n) is 10.2. The number of carbonyl (C=O) groups excluding carboxylic acids is 1. The maximum absolute atomic E-state index is 12.5. The second kappa shape index (κ2) is 10.3. The Morgan fingerprint density at radius 2 is 2.03 bits per heavy atom. The number of nitrogens with zero attached hydrogens (tertiary/aromatic N) is 5. The van der Waals surface area contributed by atoms with Crippen LogP contribution in [-0.2, 0) is 17.6 Å². The number of fused-ring (bicyclic) bond motifs is 1. The molecule has 0 radical (unpaired) electrons. The van der Waals surface area contributed by atoms with E-state index in [9.17, 15) is 4.79 Å². The zero-order valence-corrected chi connectivity index (χ0v) is 20.5. The Hall–Kier alpha value is -3.29. The highest BCUT2D eigenvalue weighted by Crippen LogP contribution is 2.25. The molecule has 1 N–H and O–H groups in total. The van der Waals surface area contributed by atoms with E-state index in [1.54, 1.807) is 12.4 Å². The quantitative estimate of drug-likeness (QED) is 0.524. The van der Waals surface area contributed by atoms with Gasteiger partial charge in [-0.2, -0.15) is 0 Å². The number of pyridine rings is 1. The van der Waals surface area contributed by atoms with Crippen LogP contribution in [0.15, 0.2) is 36.8 Å². The van der Waals surface area contributed by atoms with Crippen LogP contribution >= 0.6 is 0 Å². The lowest BCUT2D eigenvalue weighted by Gasteiger charge is -2.25. The van der Waals surface area contributed by atoms with E-state index in [4.69, 9.17) is 4.84 Å². The first-order valence-electron chi connectivity index (χ1n) is 12.1. The maximum atomic E-state index is 12.5. The number of anilines is 1. The van der Waals surface area contributed by atoms with E-state index in [1.807, 2.05) is 25.3 Å². The zero-order valence-electron chi connectivity index (χ0n) is 20.5. The molecule has 0 amide bonds. The Labute approximate surface area is 201 Å². The molecule has 0 fully saturated rings. The van der Waals surface area contributed by atoms with Crippen molar-refractivity contribution in [1.29, 1.82) is 0 Å². The van der Waals surface area contributed by atoms with Gasteiger partial charge in [0.05, 0.1) is 11.4 Å². The summed E-state index contributed by atoms with van der Waals surface area (Å²) < 4.78 is 0. The molecule has 0 aliphatic carbocycles. The van der Waals surface area contributed by atoms with Crippen LogP contribution < -0.4 is 10.2 Å². The Morgan fingerprint density at radius 3 is 2.79 bits per heavy atom. The van der Waals surface area contributed by atoms with Crippen molar-refractivity contribution in [2.45, 2.75) is 78.7 Å². The molecule has 0 bridgehead atoms. The van der Waals surface area contributed by atoms with Gasteiger partial charge in [0.2, 0.25) is 0 Å². The molecule has 4 heterocycles. The molecule has 3 aromatic heterocycles. The summed E-state index contributed by atoms with van der Waals surface area (Å²) in [5, 5.41) is 8.12. The fourth-order valence-corrected chi connectivity index (χ4v) is 4.05. The highest BCUT2D eigenvalue weighted by atomic mass is 16.7. The van der Waals surface area contributed by atoms with Gasteiger partial charge >= 0.3 is 5.97 Å². The van der Waals surface area contributed by atoms with E-state index in [0.29, 0.717) is 24.0 Å². The van der Waals surface area contributed by atoms with Crippen LogP contribution in [0.5, 0.6) is 0 Å². The molecular weight excluding hydrogens is 428 g/mol. The number of carbonyl (C=O) groups is 1. The monoisotopic (exact) mass is 462 g/mol. The van der Waals surface area contributed by atoms with E-state index in [-0.39, 0.29) is 11.4 Å². The fourth-order valence-electron chi connectivity index (χ4n) is 4.05. The molecule has 1 aliphatic rings. The van der Waals surface area contributed by atoms with Crippen molar-refractivity contribution in [2.24, 2.45) is 5.41 Å². The van der Waals surface area contributed by atoms with E-state index >= 15 is 0 Å². The van der Waals surface area contributed by atoms with Crippen LogP contribution in [0.25, 0.3) is 11.3 Å². The van der Waals surface area contributed by atoms with Crippen molar-refractivity contribution in [1.82, 2.24) is 24.9 Å². The normalized spacial score (nSPS) is 15.5. The van der Waals surface area contributed by atoms with Gasteiger partial charge in [-0.1, -0.05) is 31.7 Å². The molecule has 1 unspecified atom stereocenters. The SMILES string of the molecule is Cc1ncc(-c2cc(CCCC3CCc4cccnc4N3)n(OC(=O)CCC(C)(C)C)n2)cn1. The first-order valence-corrected chi connectivity index (χ1v) is 12.1. The van der Waals surface area contributed by atoms with Crippen LogP contribution in [0.3, 0.4) is 0 Å². The van der Waals surface area contributed by atoms with Gasteiger partial charge in [0.25, 0.3) is 0 Å². The summed E-state index contributed by atoms with van der Waals surface area (Å²) in [5.41, 5.74) is 3.72. The topological polar surface area (TPSA) is 94.8 Å². The van der Waals surface area contributed by atoms with Gasteiger partial charge in [-0.05, 0) is 68.6 Å². The maximum Gasteiger partial charge on any atom is 0.334 e. The second-order valence-corrected chi connectivity index (χ2v) is 10.2. The molecular formula is C26H34N6O2. The minimum Gasteiger partial charge on any atom is -0.367 e. The van der Waals surface area contributed by atoms with Gasteiger partial charge < -0.3 is 10.2 Å². The highest BCUT2D eigenvalue weighted by molar-refractivity contribution is 5.69. The number of rotatable bonds is 8. The minimum absolute atomic E-state index is 0.0663. The standard InChI is InChI=1S/C26H34N6O2/c1-18-28-16-20(17-29-18)23-15-22(32(31-23)34-24(33)12-13-26(2,3)4)9-5-8-21-11-10-19-7-6-14-27-25(19)30-21/h6-7,14-17,21H,5,8-13H2,1-4H3,(H,27,30). The predicted molar refractivity (Wildman–Crippen MR) is 131 cm³/mol. The third-order valence-electron chi connectivity index (χ3n) is 6.07. The number of hydrogen-bond acceptors (Lipinski definition) is 7. The molecule has 0 aromatic carbocycles. The van der Waals surface area contributed by atoms with Gasteiger partial charge in [-0.3, -0.25) is 0 Å². The Bertz CT molecular complexity index is 1120. The van der Waals surface area contributed by atoms with Gasteiger partial charge in [-0.15, -0.1) is 5.10 Å². The van der Waals surface area contributed by atoms with Crippen LogP contribution in [0.4, 0.5) is 5.82 Å². The molecule has 3 aromatic rings. The molecule has 8 heteroatoms. The van der Waals surface area contributed by atoms with Crippen molar-refractivity contribution in [3.8, 4) is 11.3 Å². The Kier molecular flexibility index (Phi) is 7.24. The third kappa shape index (κ3) is 6.40. The summed E-state index contributed by atoms with van der Waals surface area (Å²) in [5.74, 6) is 1.42. The van der Waals surface area contributed by atoms with Crippen molar-refractivity contribution < 1.29 is 9.63 Å². The van der Waals surface area contributed by atoms with E-state index < -0.39 is 0 Å². The smallest absolute Gasteiger partial charge is 0.334 e. The lowest BCUT2D eigenvalue weighted by atomic mass is 9.91. The molecule has 4 rings (SSSR count). The molecule has 180 valence electrons. The number of aromatic nitrogens is 5. The molecule has 0 spiro atoms. The summed E-state index contributed by atoms with van der Waals surface area (Å²) in [6.45, 7) is 8.19. The molecule has 0 saturated carbocycles. The van der Waals surface area contributed by atoms with Crippen molar-refractivity contribution in [2.75, 3.05) is 5.32 Å². The average Bonchev–Trinajstić information content (AvgIpc) is 3.20. The largest absolute Gasteiger partial charge is 0.367 e. The summed E-state index contributed by atoms with van der Waals surface area (Å²) in [4.78, 5) is 32.6. The van der Waals surface area contributed by atoms with Crippen molar-refractivity contribution in [3.05, 3.63) is 53.9 Å². The average molecular weight is 463 g/mol. The lowest BCUT2D eigenvalue weighted by Crippen LogP contribution is -2.27. The summed E-state index contributed by atoms with van der Waals surface area (Å²) in [6.07, 6.45) is 11.3. The number of aryl methyl sites for hydroxylation is 3. The van der Waals surface area contributed by atoms with Crippen molar-refractivity contribution >= 4 is 11.8 Å². The fraction of sp³-hybridized carbons (Fsp3) is 0.500. The van der Waals surface area contributed by atoms with Gasteiger partial charge in [0.15, 0.2) is 0 Å². The third-order valence-corrected chi connectivity index (χ3v) is 6.07. The molecule has 34 heavy (non-hydrogen) atoms. The van der Waals surface area contributed by atoms with Gasteiger partial charge in [-0.25, -0.2) is 19.7 Å². The van der Waals surface area contributed by atoms with Crippen LogP contribution in [0, 0.1) is 12.3 Å². The Morgan fingerprint density at radius 1 is 1.24 bits per heavy atom. The van der Waals surface area contributed by atoms with E-state index in [2.05, 4.69) is 52.2 Å². The zero-order chi connectivity index (χ0) is 24.1. The van der Waals surface area contributed by atoms with Crippen LogP contribution in [0.1, 0.15) is 70.0 Å². The molecule has 1 aliphatic heterocycles. The lowest BCUT2D eigenvalue weighted by molar-refractivity contribution is -0.146. The van der Waals surface area contributed by atoms with Crippen LogP contribution in [0.2, 0.25) is 0 Å². The number of hydrogen-bond donors (Lipinski definition) is 1. The van der Waals surface area contributed by atoms with Gasteiger partial charge in [0, 0.05) is 36.6 Å². The highest BCUT2D eigenvalue weighted by Gasteiger charge is 2.20. The van der Waals surface area contributed by atoms with E-state index in [0.717, 1.165) is 55.6 Å². The summed E-state index contributed by atoms with van der Waals surface area (Å²) in [7, 11) is 0. The minimum atomic E-state index is -0.275. The van der Waals surface area contributed by atoms with Crippen molar-refractivity contribution in [3.63, 3.8) is 0 Å².